The van der Waals surface area contributed by atoms with Crippen LogP contribution in [0.5, 0.6) is 5.75 Å². The van der Waals surface area contributed by atoms with Crippen LogP contribution in [0.25, 0.3) is 16.6 Å². The number of primary amides is 1. The van der Waals surface area contributed by atoms with Crippen LogP contribution >= 0.6 is 0 Å². The van der Waals surface area contributed by atoms with Gasteiger partial charge >= 0.3 is 12.3 Å². The number of carboxylic acid groups (broad SMARTS) is 1. The summed E-state index contributed by atoms with van der Waals surface area (Å²) in [7, 11) is 0. The molecule has 0 spiro atoms. The van der Waals surface area contributed by atoms with Crippen molar-refractivity contribution >= 4 is 22.8 Å². The highest BCUT2D eigenvalue weighted by Crippen LogP contribution is 2.54. The van der Waals surface area contributed by atoms with Gasteiger partial charge in [0.1, 0.15) is 11.4 Å². The Kier molecular flexibility index (Phi) is 4.30. The Morgan fingerprint density at radius 1 is 1.20 bits per heavy atom. The second-order valence-corrected chi connectivity index (χ2v) is 7.56. The maximum atomic E-state index is 12.6. The van der Waals surface area contributed by atoms with Crippen LogP contribution in [0.2, 0.25) is 0 Å². The highest BCUT2D eigenvalue weighted by Gasteiger charge is 2.56. The van der Waals surface area contributed by atoms with E-state index in [0.717, 1.165) is 11.6 Å². The summed E-state index contributed by atoms with van der Waals surface area (Å²) >= 11 is 0. The number of hydrogen-bond donors (Lipinski definition) is 2. The first-order valence-corrected chi connectivity index (χ1v) is 9.04. The van der Waals surface area contributed by atoms with Crippen LogP contribution in [-0.2, 0) is 10.2 Å². The molecule has 2 aromatic carbocycles. The number of carboxylic acids is 1. The molecule has 0 unspecified atom stereocenters. The molecule has 0 saturated heterocycles. The molecule has 4 rings (SSSR count). The van der Waals surface area contributed by atoms with Crippen LogP contribution in [0.15, 0.2) is 48.5 Å². The number of carbonyl (C=O) groups is 2. The summed E-state index contributed by atoms with van der Waals surface area (Å²) in [6, 6.07) is 12.1. The summed E-state index contributed by atoms with van der Waals surface area (Å²) in [5, 5.41) is 9.82. The molecule has 1 heterocycles. The number of alkyl halides is 3. The fraction of sp³-hybridized carbons (Fsp3) is 0.238. The van der Waals surface area contributed by atoms with Crippen molar-refractivity contribution in [1.82, 2.24) is 4.57 Å². The van der Waals surface area contributed by atoms with Gasteiger partial charge < -0.3 is 20.1 Å². The molecule has 3 N–H and O–H groups in total. The molecule has 30 heavy (non-hydrogen) atoms. The smallest absolute Gasteiger partial charge is 0.481 e. The minimum atomic E-state index is -4.86. The number of rotatable bonds is 5. The SMILES string of the molecule is C[C@]1(c2cccc(-n3c(C(N)=O)cc4ccc(OC(F)(F)F)cc43)c2)C[C@H]1C(=O)O. The van der Waals surface area contributed by atoms with Crippen molar-refractivity contribution in [3.8, 4) is 11.4 Å². The number of nitrogens with zero attached hydrogens (tertiary/aromatic N) is 1. The predicted octanol–water partition coefficient (Wildman–Crippen LogP) is 3.99. The lowest BCUT2D eigenvalue weighted by Crippen LogP contribution is -2.17. The molecular weight excluding hydrogens is 401 g/mol. The highest BCUT2D eigenvalue weighted by atomic mass is 19.4. The van der Waals surface area contributed by atoms with Gasteiger partial charge in [-0.15, -0.1) is 13.2 Å². The molecule has 9 heteroatoms. The normalized spacial score (nSPS) is 20.9. The van der Waals surface area contributed by atoms with Gasteiger partial charge in [0, 0.05) is 22.6 Å². The van der Waals surface area contributed by atoms with Crippen LogP contribution in [0.3, 0.4) is 0 Å². The average Bonchev–Trinajstić information content (AvgIpc) is 3.21. The maximum absolute atomic E-state index is 12.6. The Morgan fingerprint density at radius 2 is 1.93 bits per heavy atom. The van der Waals surface area contributed by atoms with Gasteiger partial charge in [0.15, 0.2) is 0 Å². The van der Waals surface area contributed by atoms with E-state index < -0.39 is 35.3 Å². The van der Waals surface area contributed by atoms with Crippen LogP contribution in [0, 0.1) is 5.92 Å². The summed E-state index contributed by atoms with van der Waals surface area (Å²) < 4.78 is 43.4. The van der Waals surface area contributed by atoms with Gasteiger partial charge in [-0.3, -0.25) is 9.59 Å². The van der Waals surface area contributed by atoms with Gasteiger partial charge in [0.2, 0.25) is 0 Å². The van der Waals surface area contributed by atoms with E-state index in [1.54, 1.807) is 24.3 Å². The molecule has 0 radical (unpaired) electrons. The average molecular weight is 418 g/mol. The van der Waals surface area contributed by atoms with Crippen molar-refractivity contribution in [2.24, 2.45) is 11.7 Å². The largest absolute Gasteiger partial charge is 0.573 e. The standard InChI is InChI=1S/C21H17F3N2O4/c1-20(10-15(20)19(28)29)12-3-2-4-13(8-12)26-16-9-14(30-21(22,23)24)6-5-11(16)7-17(26)18(25)27/h2-9,15H,10H2,1H3,(H2,25,27)(H,28,29)/t15-,20+/m0/s1. The van der Waals surface area contributed by atoms with Gasteiger partial charge in [-0.2, -0.15) is 0 Å². The summed E-state index contributed by atoms with van der Waals surface area (Å²) in [5.74, 6) is -2.59. The molecule has 1 saturated carbocycles. The van der Waals surface area contributed by atoms with E-state index >= 15 is 0 Å². The Hall–Kier alpha value is -3.49. The quantitative estimate of drug-likeness (QED) is 0.655. The molecule has 2 atom stereocenters. The van der Waals surface area contributed by atoms with Crippen LogP contribution in [0.1, 0.15) is 29.4 Å². The minimum absolute atomic E-state index is 0.0852. The van der Waals surface area contributed by atoms with Crippen molar-refractivity contribution in [3.63, 3.8) is 0 Å². The van der Waals surface area contributed by atoms with Crippen LogP contribution < -0.4 is 10.5 Å². The summed E-state index contributed by atoms with van der Waals surface area (Å²) in [5.41, 5.74) is 6.58. The fourth-order valence-electron chi connectivity index (χ4n) is 3.88. The van der Waals surface area contributed by atoms with E-state index in [1.807, 2.05) is 6.92 Å². The number of aliphatic carboxylic acids is 1. The third kappa shape index (κ3) is 3.36. The third-order valence-corrected chi connectivity index (χ3v) is 5.56. The summed E-state index contributed by atoms with van der Waals surface area (Å²) in [4.78, 5) is 23.4. The predicted molar refractivity (Wildman–Crippen MR) is 102 cm³/mol. The molecule has 1 aromatic heterocycles. The monoisotopic (exact) mass is 418 g/mol. The first-order valence-electron chi connectivity index (χ1n) is 9.04. The Bertz CT molecular complexity index is 1180. The number of aromatic nitrogens is 1. The number of amides is 1. The second kappa shape index (κ2) is 6.51. The number of fused-ring (bicyclic) bond motifs is 1. The lowest BCUT2D eigenvalue weighted by atomic mass is 9.95. The lowest BCUT2D eigenvalue weighted by Gasteiger charge is -2.15. The van der Waals surface area contributed by atoms with Gasteiger partial charge in [-0.1, -0.05) is 19.1 Å². The summed E-state index contributed by atoms with van der Waals surface area (Å²) in [6.07, 6.45) is -4.38. The van der Waals surface area contributed by atoms with Crippen molar-refractivity contribution in [3.05, 3.63) is 59.8 Å². The Labute approximate surface area is 168 Å². The molecular formula is C21H17F3N2O4. The molecule has 0 aliphatic heterocycles. The molecule has 1 aliphatic rings. The van der Waals surface area contributed by atoms with E-state index in [1.165, 1.54) is 22.8 Å². The van der Waals surface area contributed by atoms with E-state index in [2.05, 4.69) is 4.74 Å². The van der Waals surface area contributed by atoms with Gasteiger partial charge in [0.05, 0.1) is 11.4 Å². The Morgan fingerprint density at radius 3 is 2.53 bits per heavy atom. The lowest BCUT2D eigenvalue weighted by molar-refractivity contribution is -0.274. The minimum Gasteiger partial charge on any atom is -0.481 e. The molecule has 156 valence electrons. The van der Waals surface area contributed by atoms with Crippen molar-refractivity contribution < 1.29 is 32.6 Å². The number of benzene rings is 2. The van der Waals surface area contributed by atoms with Crippen LogP contribution in [-0.4, -0.2) is 27.9 Å². The molecule has 3 aromatic rings. The highest BCUT2D eigenvalue weighted by molar-refractivity contribution is 5.99. The zero-order valence-corrected chi connectivity index (χ0v) is 15.7. The number of hydrogen-bond acceptors (Lipinski definition) is 3. The number of nitrogens with two attached hydrogens (primary N) is 1. The first-order chi connectivity index (χ1) is 14.0. The van der Waals surface area contributed by atoms with E-state index in [9.17, 15) is 27.9 Å². The molecule has 1 fully saturated rings. The summed E-state index contributed by atoms with van der Waals surface area (Å²) in [6.45, 7) is 1.84. The Balaban J connectivity index is 1.86. The maximum Gasteiger partial charge on any atom is 0.573 e. The number of carbonyl (C=O) groups excluding carboxylic acids is 1. The van der Waals surface area contributed by atoms with Crippen molar-refractivity contribution in [1.29, 1.82) is 0 Å². The molecule has 1 aliphatic carbocycles. The zero-order chi connectivity index (χ0) is 21.8. The van der Waals surface area contributed by atoms with E-state index in [0.29, 0.717) is 23.0 Å². The molecule has 0 bridgehead atoms. The first kappa shape index (κ1) is 19.8. The van der Waals surface area contributed by atoms with Crippen LogP contribution in [0.4, 0.5) is 13.2 Å². The zero-order valence-electron chi connectivity index (χ0n) is 15.7. The van der Waals surface area contributed by atoms with Crippen molar-refractivity contribution in [2.45, 2.75) is 25.1 Å². The fourth-order valence-corrected chi connectivity index (χ4v) is 3.88. The van der Waals surface area contributed by atoms with Gasteiger partial charge in [-0.25, -0.2) is 0 Å². The number of ether oxygens (including phenoxy) is 1. The van der Waals surface area contributed by atoms with Gasteiger partial charge in [0.25, 0.3) is 5.91 Å². The molecule has 6 nitrogen and oxygen atoms in total. The third-order valence-electron chi connectivity index (χ3n) is 5.56. The van der Waals surface area contributed by atoms with E-state index in [-0.39, 0.29) is 5.69 Å². The second-order valence-electron chi connectivity index (χ2n) is 7.56. The topological polar surface area (TPSA) is 94.5 Å². The molecule has 1 amide bonds. The number of halogens is 3. The van der Waals surface area contributed by atoms with E-state index in [4.69, 9.17) is 5.73 Å². The van der Waals surface area contributed by atoms with Crippen molar-refractivity contribution in [2.75, 3.05) is 0 Å². The van der Waals surface area contributed by atoms with Gasteiger partial charge in [-0.05, 0) is 42.3 Å².